The van der Waals surface area contributed by atoms with E-state index in [4.69, 9.17) is 9.47 Å². The molecule has 30 heavy (non-hydrogen) atoms. The number of aliphatic hydroxyl groups excluding tert-OH is 1. The van der Waals surface area contributed by atoms with Gasteiger partial charge in [0.25, 0.3) is 5.91 Å². The average molecular weight is 411 g/mol. The van der Waals surface area contributed by atoms with E-state index in [1.165, 1.54) is 11.1 Å². The monoisotopic (exact) mass is 410 g/mol. The molecule has 0 aromatic heterocycles. The van der Waals surface area contributed by atoms with Crippen LogP contribution in [0.2, 0.25) is 0 Å². The lowest BCUT2D eigenvalue weighted by Crippen LogP contribution is -2.42. The molecule has 4 rings (SSSR count). The van der Waals surface area contributed by atoms with Crippen LogP contribution in [0.4, 0.5) is 0 Å². The van der Waals surface area contributed by atoms with E-state index in [0.717, 1.165) is 32.4 Å². The van der Waals surface area contributed by atoms with Gasteiger partial charge in [-0.15, -0.1) is 0 Å². The van der Waals surface area contributed by atoms with Gasteiger partial charge >= 0.3 is 0 Å². The molecule has 160 valence electrons. The number of nitrogens with one attached hydrogen (secondary N) is 1. The molecule has 2 aromatic rings. The number of ether oxygens (including phenoxy) is 2. The Morgan fingerprint density at radius 1 is 1.17 bits per heavy atom. The van der Waals surface area contributed by atoms with Crippen LogP contribution >= 0.6 is 0 Å². The van der Waals surface area contributed by atoms with Crippen LogP contribution in [0.25, 0.3) is 0 Å². The van der Waals surface area contributed by atoms with Gasteiger partial charge < -0.3 is 19.9 Å². The summed E-state index contributed by atoms with van der Waals surface area (Å²) in [7, 11) is 0. The van der Waals surface area contributed by atoms with Gasteiger partial charge in [0.1, 0.15) is 11.9 Å². The summed E-state index contributed by atoms with van der Waals surface area (Å²) in [6, 6.07) is 15.7. The molecule has 6 nitrogen and oxygen atoms in total. The Kier molecular flexibility index (Phi) is 7.00. The van der Waals surface area contributed by atoms with E-state index < -0.39 is 6.10 Å². The molecular weight excluding hydrogens is 380 g/mol. The summed E-state index contributed by atoms with van der Waals surface area (Å²) in [5, 5.41) is 13.3. The van der Waals surface area contributed by atoms with Gasteiger partial charge in [0.2, 0.25) is 0 Å². The summed E-state index contributed by atoms with van der Waals surface area (Å²) in [6.07, 6.45) is 2.25. The van der Waals surface area contributed by atoms with Crippen molar-refractivity contribution in [2.75, 3.05) is 32.8 Å². The maximum absolute atomic E-state index is 12.5. The number of fused-ring (bicyclic) bond motifs is 1. The SMILES string of the molecule is O=C(NC[C@@H](O)CN1CCc2ccccc2C1)c1cccc(OC2CCOCC2)c1. The van der Waals surface area contributed by atoms with Crippen molar-refractivity contribution in [3.05, 3.63) is 65.2 Å². The van der Waals surface area contributed by atoms with Crippen molar-refractivity contribution < 1.29 is 19.4 Å². The van der Waals surface area contributed by atoms with Crippen LogP contribution in [0.1, 0.15) is 34.3 Å². The lowest BCUT2D eigenvalue weighted by atomic mass is 10.00. The topological polar surface area (TPSA) is 71.0 Å². The minimum Gasteiger partial charge on any atom is -0.490 e. The lowest BCUT2D eigenvalue weighted by molar-refractivity contribution is 0.0255. The second kappa shape index (κ2) is 10.1. The normalized spacial score (nSPS) is 18.4. The number of benzene rings is 2. The second-order valence-electron chi connectivity index (χ2n) is 8.08. The highest BCUT2D eigenvalue weighted by molar-refractivity contribution is 5.94. The molecule has 1 amide bonds. The first kappa shape index (κ1) is 20.8. The summed E-state index contributed by atoms with van der Waals surface area (Å²) in [6.45, 7) is 3.96. The first-order valence-corrected chi connectivity index (χ1v) is 10.8. The van der Waals surface area contributed by atoms with Gasteiger partial charge in [-0.05, 0) is 35.7 Å². The average Bonchev–Trinajstić information content (AvgIpc) is 2.78. The van der Waals surface area contributed by atoms with Gasteiger partial charge in [-0.1, -0.05) is 30.3 Å². The van der Waals surface area contributed by atoms with E-state index in [2.05, 4.69) is 34.5 Å². The summed E-state index contributed by atoms with van der Waals surface area (Å²) in [5.74, 6) is 0.498. The maximum Gasteiger partial charge on any atom is 0.251 e. The largest absolute Gasteiger partial charge is 0.490 e. The van der Waals surface area contributed by atoms with Gasteiger partial charge in [0, 0.05) is 44.6 Å². The fourth-order valence-electron chi connectivity index (χ4n) is 4.08. The Balaban J connectivity index is 1.24. The van der Waals surface area contributed by atoms with E-state index in [1.807, 2.05) is 12.1 Å². The molecule has 2 aromatic carbocycles. The van der Waals surface area contributed by atoms with Crippen molar-refractivity contribution in [2.24, 2.45) is 0 Å². The van der Waals surface area contributed by atoms with E-state index in [-0.39, 0.29) is 18.6 Å². The molecule has 1 atom stereocenters. The van der Waals surface area contributed by atoms with Gasteiger partial charge in [0.15, 0.2) is 0 Å². The van der Waals surface area contributed by atoms with E-state index in [0.29, 0.717) is 31.1 Å². The zero-order valence-corrected chi connectivity index (χ0v) is 17.3. The molecule has 0 spiro atoms. The van der Waals surface area contributed by atoms with Crippen molar-refractivity contribution in [3.63, 3.8) is 0 Å². The number of carbonyl (C=O) groups is 1. The quantitative estimate of drug-likeness (QED) is 0.734. The van der Waals surface area contributed by atoms with Crippen LogP contribution in [-0.2, 0) is 17.7 Å². The number of amides is 1. The van der Waals surface area contributed by atoms with Gasteiger partial charge in [-0.2, -0.15) is 0 Å². The second-order valence-corrected chi connectivity index (χ2v) is 8.08. The number of carbonyl (C=O) groups excluding carboxylic acids is 1. The van der Waals surface area contributed by atoms with Crippen molar-refractivity contribution in [2.45, 2.75) is 38.0 Å². The Morgan fingerprint density at radius 2 is 1.97 bits per heavy atom. The smallest absolute Gasteiger partial charge is 0.251 e. The molecule has 2 N–H and O–H groups in total. The van der Waals surface area contributed by atoms with Crippen molar-refractivity contribution >= 4 is 5.91 Å². The standard InChI is InChI=1S/C24H30N2O4/c27-21(17-26-11-8-18-4-1-2-5-20(18)16-26)15-25-24(28)19-6-3-7-23(14-19)30-22-9-12-29-13-10-22/h1-7,14,21-22,27H,8-13,15-17H2,(H,25,28)/t21-/m1/s1. The molecule has 2 heterocycles. The Morgan fingerprint density at radius 3 is 2.80 bits per heavy atom. The third-order valence-corrected chi connectivity index (χ3v) is 5.74. The maximum atomic E-state index is 12.5. The number of hydrogen-bond acceptors (Lipinski definition) is 5. The summed E-state index contributed by atoms with van der Waals surface area (Å²) < 4.78 is 11.3. The molecule has 2 aliphatic rings. The lowest BCUT2D eigenvalue weighted by Gasteiger charge is -2.30. The molecule has 0 saturated carbocycles. The van der Waals surface area contributed by atoms with Crippen LogP contribution < -0.4 is 10.1 Å². The Bertz CT molecular complexity index is 851. The van der Waals surface area contributed by atoms with Crippen LogP contribution in [0, 0.1) is 0 Å². The van der Waals surface area contributed by atoms with Crippen LogP contribution in [0.15, 0.2) is 48.5 Å². The number of nitrogens with zero attached hydrogens (tertiary/aromatic N) is 1. The molecule has 1 saturated heterocycles. The van der Waals surface area contributed by atoms with Crippen LogP contribution in [0.3, 0.4) is 0 Å². The summed E-state index contributed by atoms with van der Waals surface area (Å²) in [4.78, 5) is 14.8. The van der Waals surface area contributed by atoms with E-state index >= 15 is 0 Å². The molecule has 1 fully saturated rings. The highest BCUT2D eigenvalue weighted by Gasteiger charge is 2.19. The van der Waals surface area contributed by atoms with E-state index in [1.54, 1.807) is 12.1 Å². The Hall–Kier alpha value is -2.41. The van der Waals surface area contributed by atoms with Crippen LogP contribution in [-0.4, -0.2) is 61.0 Å². The molecule has 0 bridgehead atoms. The van der Waals surface area contributed by atoms with Gasteiger partial charge in [0.05, 0.1) is 19.3 Å². The summed E-state index contributed by atoms with van der Waals surface area (Å²) >= 11 is 0. The fraction of sp³-hybridized carbons (Fsp3) is 0.458. The minimum absolute atomic E-state index is 0.133. The first-order valence-electron chi connectivity index (χ1n) is 10.8. The highest BCUT2D eigenvalue weighted by Crippen LogP contribution is 2.20. The minimum atomic E-state index is -0.610. The van der Waals surface area contributed by atoms with Gasteiger partial charge in [-0.3, -0.25) is 9.69 Å². The van der Waals surface area contributed by atoms with Crippen molar-refractivity contribution in [1.29, 1.82) is 0 Å². The number of aliphatic hydroxyl groups is 1. The fourth-order valence-corrected chi connectivity index (χ4v) is 4.08. The first-order chi connectivity index (χ1) is 14.7. The molecule has 0 aliphatic carbocycles. The third kappa shape index (κ3) is 5.59. The summed E-state index contributed by atoms with van der Waals surface area (Å²) in [5.41, 5.74) is 3.25. The number of hydrogen-bond donors (Lipinski definition) is 2. The molecular formula is C24H30N2O4. The zero-order valence-electron chi connectivity index (χ0n) is 17.3. The third-order valence-electron chi connectivity index (χ3n) is 5.74. The highest BCUT2D eigenvalue weighted by atomic mass is 16.5. The van der Waals surface area contributed by atoms with Crippen molar-refractivity contribution in [1.82, 2.24) is 10.2 Å². The molecule has 0 unspecified atom stereocenters. The predicted molar refractivity (Wildman–Crippen MR) is 115 cm³/mol. The predicted octanol–water partition coefficient (Wildman–Crippen LogP) is 2.39. The van der Waals surface area contributed by atoms with Gasteiger partial charge in [-0.25, -0.2) is 0 Å². The Labute approximate surface area is 177 Å². The molecule has 0 radical (unpaired) electrons. The zero-order chi connectivity index (χ0) is 20.8. The van der Waals surface area contributed by atoms with Crippen molar-refractivity contribution in [3.8, 4) is 5.75 Å². The van der Waals surface area contributed by atoms with Crippen LogP contribution in [0.5, 0.6) is 5.75 Å². The molecule has 6 heteroatoms. The molecule has 2 aliphatic heterocycles. The van der Waals surface area contributed by atoms with E-state index in [9.17, 15) is 9.90 Å². The number of rotatable bonds is 7. The number of β-amino-alcohol motifs (C(OH)–C–C–N with tert-alkyl or cyclic N) is 1.